The van der Waals surface area contributed by atoms with Crippen molar-refractivity contribution in [3.63, 3.8) is 0 Å². The van der Waals surface area contributed by atoms with Gasteiger partial charge in [0.1, 0.15) is 6.54 Å². The quantitative estimate of drug-likeness (QED) is 0.635. The molecule has 3 N–H and O–H groups in total. The number of hydrogen-bond donors (Lipinski definition) is 3. The summed E-state index contributed by atoms with van der Waals surface area (Å²) in [6.45, 7) is 1.82. The number of carbonyl (C=O) groups is 2. The van der Waals surface area contributed by atoms with Gasteiger partial charge in [-0.15, -0.1) is 0 Å². The van der Waals surface area contributed by atoms with Crippen molar-refractivity contribution in [3.8, 4) is 0 Å². The fraction of sp³-hybridized carbons (Fsp3) is 0.619. The predicted molar refractivity (Wildman–Crippen MR) is 103 cm³/mol. The first-order chi connectivity index (χ1) is 13.1. The van der Waals surface area contributed by atoms with E-state index in [0.717, 1.165) is 44.1 Å². The lowest BCUT2D eigenvalue weighted by atomic mass is 9.95. The zero-order valence-electron chi connectivity index (χ0n) is 16.0. The predicted octanol–water partition coefficient (Wildman–Crippen LogP) is 1.68. The van der Waals surface area contributed by atoms with E-state index in [0.29, 0.717) is 19.6 Å². The third kappa shape index (κ3) is 4.94. The summed E-state index contributed by atoms with van der Waals surface area (Å²) in [5, 5.41) is 16.9. The molecule has 1 unspecified atom stereocenters. The van der Waals surface area contributed by atoms with Crippen molar-refractivity contribution in [1.82, 2.24) is 10.6 Å². The fourth-order valence-corrected chi connectivity index (χ4v) is 4.34. The van der Waals surface area contributed by atoms with E-state index in [4.69, 9.17) is 0 Å². The molecule has 1 aromatic rings. The van der Waals surface area contributed by atoms with Gasteiger partial charge in [-0.25, -0.2) is 9.28 Å². The Kier molecular flexibility index (Phi) is 6.99. The maximum Gasteiger partial charge on any atom is 0.330 e. The van der Waals surface area contributed by atoms with Crippen molar-refractivity contribution in [2.75, 3.05) is 19.6 Å². The second kappa shape index (κ2) is 9.44. The number of carbonyl (C=O) groups excluding carboxylic acids is 2. The van der Waals surface area contributed by atoms with Crippen LogP contribution >= 0.6 is 0 Å². The van der Waals surface area contributed by atoms with E-state index < -0.39 is 6.23 Å². The Balaban J connectivity index is 1.57. The summed E-state index contributed by atoms with van der Waals surface area (Å²) in [6.07, 6.45) is 5.78. The Bertz CT molecular complexity index is 623. The monoisotopic (exact) mass is 374 g/mol. The van der Waals surface area contributed by atoms with Crippen LogP contribution in [0.4, 0.5) is 0 Å². The number of likely N-dealkylation sites (tertiary alicyclic amines) is 1. The van der Waals surface area contributed by atoms with Crippen LogP contribution in [0.25, 0.3) is 0 Å². The maximum absolute atomic E-state index is 13.0. The molecule has 6 nitrogen and oxygen atoms in total. The van der Waals surface area contributed by atoms with E-state index in [1.807, 2.05) is 30.3 Å². The lowest BCUT2D eigenvalue weighted by Crippen LogP contribution is -2.65. The van der Waals surface area contributed by atoms with Gasteiger partial charge in [-0.1, -0.05) is 49.6 Å². The Labute approximate surface area is 161 Å². The van der Waals surface area contributed by atoms with Crippen molar-refractivity contribution in [1.29, 1.82) is 0 Å². The number of aliphatic hydroxyl groups is 1. The molecule has 148 valence electrons. The Morgan fingerprint density at radius 3 is 2.37 bits per heavy atom. The van der Waals surface area contributed by atoms with E-state index in [1.165, 1.54) is 6.42 Å². The summed E-state index contributed by atoms with van der Waals surface area (Å²) in [6, 6.07) is 10.0. The highest BCUT2D eigenvalue weighted by Crippen LogP contribution is 2.24. The summed E-state index contributed by atoms with van der Waals surface area (Å²) in [5.74, 6) is -0.491. The third-order valence-corrected chi connectivity index (χ3v) is 5.96. The van der Waals surface area contributed by atoms with Crippen LogP contribution in [0, 0.1) is 0 Å². The van der Waals surface area contributed by atoms with Gasteiger partial charge in [0, 0.05) is 25.4 Å². The molecule has 27 heavy (non-hydrogen) atoms. The summed E-state index contributed by atoms with van der Waals surface area (Å²) in [5.41, 5.74) is 1.11. The number of aliphatic hydroxyl groups excluding tert-OH is 1. The summed E-state index contributed by atoms with van der Waals surface area (Å²) in [4.78, 5) is 25.6. The van der Waals surface area contributed by atoms with Crippen LogP contribution in [0.1, 0.15) is 50.5 Å². The van der Waals surface area contributed by atoms with Crippen LogP contribution < -0.4 is 10.6 Å². The first-order valence-corrected chi connectivity index (χ1v) is 10.2. The van der Waals surface area contributed by atoms with Crippen LogP contribution in [0.15, 0.2) is 30.3 Å². The summed E-state index contributed by atoms with van der Waals surface area (Å²) >= 11 is 0. The molecule has 0 spiro atoms. The minimum atomic E-state index is -1.31. The Morgan fingerprint density at radius 2 is 1.70 bits per heavy atom. The van der Waals surface area contributed by atoms with Gasteiger partial charge in [0.2, 0.25) is 0 Å². The first-order valence-electron chi connectivity index (χ1n) is 10.2. The highest BCUT2D eigenvalue weighted by atomic mass is 16.3. The Morgan fingerprint density at radius 1 is 1.04 bits per heavy atom. The smallest absolute Gasteiger partial charge is 0.330 e. The van der Waals surface area contributed by atoms with Crippen LogP contribution in [0.3, 0.4) is 0 Å². The number of nitrogens with one attached hydrogen (secondary N) is 2. The van der Waals surface area contributed by atoms with Crippen LogP contribution in [0.5, 0.6) is 0 Å². The number of quaternary nitrogens is 1. The highest BCUT2D eigenvalue weighted by Gasteiger charge is 2.49. The summed E-state index contributed by atoms with van der Waals surface area (Å²) < 4.78 is -0.139. The molecule has 1 aliphatic heterocycles. The zero-order valence-corrected chi connectivity index (χ0v) is 16.0. The van der Waals surface area contributed by atoms with Gasteiger partial charge in [0.05, 0.1) is 13.1 Å². The van der Waals surface area contributed by atoms with E-state index in [1.54, 1.807) is 0 Å². The average Bonchev–Trinajstić information content (AvgIpc) is 3.20. The molecule has 1 saturated heterocycles. The van der Waals surface area contributed by atoms with E-state index in [9.17, 15) is 14.7 Å². The minimum absolute atomic E-state index is 0.102. The van der Waals surface area contributed by atoms with Crippen LogP contribution in [-0.4, -0.2) is 53.3 Å². The van der Waals surface area contributed by atoms with E-state index in [-0.39, 0.29) is 28.9 Å². The molecule has 6 heteroatoms. The molecule has 1 aliphatic carbocycles. The number of benzene rings is 1. The average molecular weight is 375 g/mol. The van der Waals surface area contributed by atoms with Gasteiger partial charge < -0.3 is 15.7 Å². The van der Waals surface area contributed by atoms with Gasteiger partial charge in [0.25, 0.3) is 6.23 Å². The lowest BCUT2D eigenvalue weighted by molar-refractivity contribution is -0.880. The fourth-order valence-electron chi connectivity index (χ4n) is 4.34. The largest absolute Gasteiger partial charge is 0.346 e. The van der Waals surface area contributed by atoms with Crippen molar-refractivity contribution in [2.45, 2.75) is 63.8 Å². The number of rotatable bonds is 7. The van der Waals surface area contributed by atoms with Crippen molar-refractivity contribution < 1.29 is 19.2 Å². The van der Waals surface area contributed by atoms with Gasteiger partial charge in [-0.3, -0.25) is 4.79 Å². The lowest BCUT2D eigenvalue weighted by Gasteiger charge is -2.35. The highest BCUT2D eigenvalue weighted by molar-refractivity contribution is 5.82. The Hall–Kier alpha value is -1.76. The molecule has 1 saturated carbocycles. The molecule has 2 fully saturated rings. The number of hydrogen-bond acceptors (Lipinski definition) is 4. The van der Waals surface area contributed by atoms with Crippen LogP contribution in [0.2, 0.25) is 0 Å². The molecule has 0 radical (unpaired) electrons. The van der Waals surface area contributed by atoms with Gasteiger partial charge in [-0.05, 0) is 18.4 Å². The van der Waals surface area contributed by atoms with Crippen LogP contribution in [-0.2, 0) is 16.1 Å². The van der Waals surface area contributed by atoms with Crippen molar-refractivity contribution in [3.05, 3.63) is 35.9 Å². The summed E-state index contributed by atoms with van der Waals surface area (Å²) in [7, 11) is 0. The number of amides is 2. The van der Waals surface area contributed by atoms with E-state index >= 15 is 0 Å². The van der Waals surface area contributed by atoms with Gasteiger partial charge in [-0.2, -0.15) is 0 Å². The standard InChI is InChI=1S/C21H31N3O3/c25-19(16-22-15-17-9-3-1-4-10-17)24(13-7-8-14-24)21(27)20(26)23-18-11-5-2-6-12-18/h1,3-4,9-10,18,21-22,27H,2,5-8,11-16H2/p+1. The number of nitrogens with zero attached hydrogens (tertiary/aromatic N) is 1. The second-order valence-electron chi connectivity index (χ2n) is 7.89. The first kappa shape index (κ1) is 20.0. The molecule has 0 aromatic heterocycles. The normalized spacial score (nSPS) is 20.9. The third-order valence-electron chi connectivity index (χ3n) is 5.96. The SMILES string of the molecule is O=C(NC1CCCCC1)C(O)[N+]1(C(=O)CNCc2ccccc2)CCCC1. The molecule has 0 bridgehead atoms. The molecule has 1 atom stereocenters. The van der Waals surface area contributed by atoms with Crippen molar-refractivity contribution in [2.24, 2.45) is 0 Å². The molecule has 2 amide bonds. The molecule has 1 heterocycles. The second-order valence-corrected chi connectivity index (χ2v) is 7.89. The molecule has 3 rings (SSSR count). The zero-order chi connectivity index (χ0) is 19.1. The molecule has 1 aromatic carbocycles. The van der Waals surface area contributed by atoms with Gasteiger partial charge >= 0.3 is 11.8 Å². The minimum Gasteiger partial charge on any atom is -0.346 e. The topological polar surface area (TPSA) is 78.4 Å². The van der Waals surface area contributed by atoms with Crippen molar-refractivity contribution >= 4 is 11.8 Å². The molecular formula is C21H32N3O3+. The molecular weight excluding hydrogens is 342 g/mol. The molecule has 2 aliphatic rings. The maximum atomic E-state index is 13.0. The van der Waals surface area contributed by atoms with Gasteiger partial charge in [0.15, 0.2) is 0 Å². The van der Waals surface area contributed by atoms with E-state index in [2.05, 4.69) is 10.6 Å².